The zero-order valence-corrected chi connectivity index (χ0v) is 8.12. The van der Waals surface area contributed by atoms with Gasteiger partial charge < -0.3 is 20.5 Å². The third-order valence-corrected chi connectivity index (χ3v) is 2.27. The van der Waals surface area contributed by atoms with Crippen LogP contribution in [0.5, 0.6) is 11.5 Å². The van der Waals surface area contributed by atoms with Crippen molar-refractivity contribution in [3.63, 3.8) is 0 Å². The molecule has 76 valence electrons. The summed E-state index contributed by atoms with van der Waals surface area (Å²) < 4.78 is 10.7. The number of ether oxygens (including phenoxy) is 2. The minimum atomic E-state index is 0.189. The number of fused-ring (bicyclic) bond motifs is 1. The largest absolute Gasteiger partial charge is 0.497 e. The SMILES string of the molecule is COc1ccc2c(c1)NC(CN)CO2. The van der Waals surface area contributed by atoms with Crippen molar-refractivity contribution in [2.75, 3.05) is 25.6 Å². The third kappa shape index (κ3) is 1.61. The van der Waals surface area contributed by atoms with Crippen molar-refractivity contribution >= 4 is 5.69 Å². The van der Waals surface area contributed by atoms with Crippen LogP contribution in [0, 0.1) is 0 Å². The van der Waals surface area contributed by atoms with Crippen LogP contribution in [0.3, 0.4) is 0 Å². The quantitative estimate of drug-likeness (QED) is 0.732. The van der Waals surface area contributed by atoms with Crippen LogP contribution in [-0.2, 0) is 0 Å². The number of hydrogen-bond donors (Lipinski definition) is 2. The molecule has 1 aromatic carbocycles. The second-order valence-corrected chi connectivity index (χ2v) is 3.25. The van der Waals surface area contributed by atoms with E-state index in [0.717, 1.165) is 17.2 Å². The molecule has 1 atom stereocenters. The highest BCUT2D eigenvalue weighted by Gasteiger charge is 2.17. The van der Waals surface area contributed by atoms with Gasteiger partial charge in [0.1, 0.15) is 18.1 Å². The van der Waals surface area contributed by atoms with E-state index in [1.807, 2.05) is 18.2 Å². The third-order valence-electron chi connectivity index (χ3n) is 2.27. The molecule has 0 spiro atoms. The molecule has 4 heteroatoms. The standard InChI is InChI=1S/C10H14N2O2/c1-13-8-2-3-10-9(4-8)12-7(5-11)6-14-10/h2-4,7,12H,5-6,11H2,1H3. The summed E-state index contributed by atoms with van der Waals surface area (Å²) in [4.78, 5) is 0. The highest BCUT2D eigenvalue weighted by atomic mass is 16.5. The van der Waals surface area contributed by atoms with Gasteiger partial charge in [-0.1, -0.05) is 0 Å². The van der Waals surface area contributed by atoms with E-state index in [0.29, 0.717) is 13.2 Å². The van der Waals surface area contributed by atoms with E-state index in [9.17, 15) is 0 Å². The molecule has 1 aliphatic heterocycles. The van der Waals surface area contributed by atoms with Gasteiger partial charge in [-0.25, -0.2) is 0 Å². The van der Waals surface area contributed by atoms with Crippen LogP contribution >= 0.6 is 0 Å². The van der Waals surface area contributed by atoms with Crippen LogP contribution in [-0.4, -0.2) is 26.3 Å². The summed E-state index contributed by atoms with van der Waals surface area (Å²) in [5.74, 6) is 1.67. The molecule has 14 heavy (non-hydrogen) atoms. The molecule has 0 saturated heterocycles. The molecule has 0 fully saturated rings. The molecule has 0 bridgehead atoms. The van der Waals surface area contributed by atoms with Crippen molar-refractivity contribution in [2.24, 2.45) is 5.73 Å². The van der Waals surface area contributed by atoms with Gasteiger partial charge in [0.2, 0.25) is 0 Å². The lowest BCUT2D eigenvalue weighted by Crippen LogP contribution is -2.37. The van der Waals surface area contributed by atoms with Gasteiger partial charge in [-0.2, -0.15) is 0 Å². The Balaban J connectivity index is 2.25. The van der Waals surface area contributed by atoms with Crippen LogP contribution in [0.15, 0.2) is 18.2 Å². The van der Waals surface area contributed by atoms with Crippen molar-refractivity contribution in [3.05, 3.63) is 18.2 Å². The monoisotopic (exact) mass is 194 g/mol. The van der Waals surface area contributed by atoms with Crippen molar-refractivity contribution in [3.8, 4) is 11.5 Å². The van der Waals surface area contributed by atoms with E-state index in [1.54, 1.807) is 7.11 Å². The minimum Gasteiger partial charge on any atom is -0.497 e. The molecule has 1 unspecified atom stereocenters. The number of methoxy groups -OCH3 is 1. The van der Waals surface area contributed by atoms with E-state index < -0.39 is 0 Å². The van der Waals surface area contributed by atoms with Crippen LogP contribution in [0.25, 0.3) is 0 Å². The summed E-state index contributed by atoms with van der Waals surface area (Å²) in [7, 11) is 1.64. The lowest BCUT2D eigenvalue weighted by Gasteiger charge is -2.26. The maximum absolute atomic E-state index is 5.56. The Kier molecular flexibility index (Phi) is 2.45. The molecular formula is C10H14N2O2. The average Bonchev–Trinajstić information content (AvgIpc) is 2.27. The number of benzene rings is 1. The predicted molar refractivity (Wildman–Crippen MR) is 55.0 cm³/mol. The normalized spacial score (nSPS) is 19.1. The Morgan fingerprint density at radius 3 is 3.21 bits per heavy atom. The molecule has 0 amide bonds. The summed E-state index contributed by atoms with van der Waals surface area (Å²) in [6, 6.07) is 5.88. The molecule has 2 rings (SSSR count). The van der Waals surface area contributed by atoms with Crippen molar-refractivity contribution in [1.82, 2.24) is 0 Å². The van der Waals surface area contributed by atoms with E-state index >= 15 is 0 Å². The molecule has 0 aliphatic carbocycles. The van der Waals surface area contributed by atoms with Crippen molar-refractivity contribution < 1.29 is 9.47 Å². The Morgan fingerprint density at radius 2 is 2.50 bits per heavy atom. The van der Waals surface area contributed by atoms with Gasteiger partial charge in [0, 0.05) is 12.6 Å². The van der Waals surface area contributed by atoms with E-state index in [4.69, 9.17) is 15.2 Å². The number of nitrogens with one attached hydrogen (secondary N) is 1. The number of anilines is 1. The zero-order chi connectivity index (χ0) is 9.97. The Labute approximate surface area is 83.0 Å². The molecule has 0 aromatic heterocycles. The van der Waals surface area contributed by atoms with Crippen molar-refractivity contribution in [1.29, 1.82) is 0 Å². The second kappa shape index (κ2) is 3.75. The molecule has 4 nitrogen and oxygen atoms in total. The van der Waals surface area contributed by atoms with Gasteiger partial charge in [0.05, 0.1) is 18.8 Å². The fraction of sp³-hybridized carbons (Fsp3) is 0.400. The van der Waals surface area contributed by atoms with Gasteiger partial charge in [0.25, 0.3) is 0 Å². The summed E-state index contributed by atoms with van der Waals surface area (Å²) in [6.45, 7) is 1.19. The van der Waals surface area contributed by atoms with Crippen LogP contribution in [0.4, 0.5) is 5.69 Å². The number of nitrogens with two attached hydrogens (primary N) is 1. The molecule has 0 radical (unpaired) electrons. The van der Waals surface area contributed by atoms with Gasteiger partial charge in [0.15, 0.2) is 0 Å². The Hall–Kier alpha value is -1.42. The summed E-state index contributed by atoms with van der Waals surface area (Å²) in [6.07, 6.45) is 0. The second-order valence-electron chi connectivity index (χ2n) is 3.25. The summed E-state index contributed by atoms with van der Waals surface area (Å²) >= 11 is 0. The molecule has 1 heterocycles. The lowest BCUT2D eigenvalue weighted by molar-refractivity contribution is 0.286. The van der Waals surface area contributed by atoms with Crippen LogP contribution in [0.1, 0.15) is 0 Å². The predicted octanol–water partition coefficient (Wildman–Crippen LogP) is 0.827. The highest BCUT2D eigenvalue weighted by Crippen LogP contribution is 2.32. The smallest absolute Gasteiger partial charge is 0.142 e. The van der Waals surface area contributed by atoms with Gasteiger partial charge in [-0.15, -0.1) is 0 Å². The molecular weight excluding hydrogens is 180 g/mol. The number of hydrogen-bond acceptors (Lipinski definition) is 4. The number of rotatable bonds is 2. The lowest BCUT2D eigenvalue weighted by atomic mass is 10.2. The van der Waals surface area contributed by atoms with E-state index in [-0.39, 0.29) is 6.04 Å². The zero-order valence-electron chi connectivity index (χ0n) is 8.12. The molecule has 1 aliphatic rings. The Morgan fingerprint density at radius 1 is 1.64 bits per heavy atom. The van der Waals surface area contributed by atoms with E-state index in [2.05, 4.69) is 5.32 Å². The fourth-order valence-electron chi connectivity index (χ4n) is 1.45. The average molecular weight is 194 g/mol. The first-order valence-electron chi connectivity index (χ1n) is 4.61. The molecule has 3 N–H and O–H groups in total. The fourth-order valence-corrected chi connectivity index (χ4v) is 1.45. The van der Waals surface area contributed by atoms with Crippen molar-refractivity contribution in [2.45, 2.75) is 6.04 Å². The summed E-state index contributed by atoms with van der Waals surface area (Å²) in [5.41, 5.74) is 6.51. The first-order chi connectivity index (χ1) is 6.83. The molecule has 0 saturated carbocycles. The van der Waals surface area contributed by atoms with Crippen LogP contribution in [0.2, 0.25) is 0 Å². The van der Waals surface area contributed by atoms with Gasteiger partial charge in [-0.05, 0) is 12.1 Å². The first-order valence-corrected chi connectivity index (χ1v) is 4.61. The maximum Gasteiger partial charge on any atom is 0.142 e. The first kappa shape index (κ1) is 9.15. The minimum absolute atomic E-state index is 0.189. The highest BCUT2D eigenvalue weighted by molar-refractivity contribution is 5.61. The van der Waals surface area contributed by atoms with Gasteiger partial charge in [-0.3, -0.25) is 0 Å². The van der Waals surface area contributed by atoms with E-state index in [1.165, 1.54) is 0 Å². The molecule has 1 aromatic rings. The topological polar surface area (TPSA) is 56.5 Å². The Bertz CT molecular complexity index is 328. The maximum atomic E-state index is 5.56. The summed E-state index contributed by atoms with van der Waals surface area (Å²) in [5, 5.41) is 3.29. The van der Waals surface area contributed by atoms with Crippen LogP contribution < -0.4 is 20.5 Å². The van der Waals surface area contributed by atoms with Gasteiger partial charge >= 0.3 is 0 Å².